The van der Waals surface area contributed by atoms with Gasteiger partial charge in [0.05, 0.1) is 27.7 Å². The smallest absolute Gasteiger partial charge is 0.306 e. The molecular formula is C62H102NO8P. The Bertz CT molecular complexity index is 1670. The fourth-order valence-electron chi connectivity index (χ4n) is 6.85. The first-order valence-electron chi connectivity index (χ1n) is 27.9. The van der Waals surface area contributed by atoms with E-state index in [0.717, 1.165) is 116 Å². The minimum absolute atomic E-state index is 0.0501. The Balaban J connectivity index is 4.37. The molecule has 408 valence electrons. The van der Waals surface area contributed by atoms with Crippen LogP contribution in [0.25, 0.3) is 0 Å². The van der Waals surface area contributed by atoms with Crippen molar-refractivity contribution >= 4 is 19.8 Å². The van der Waals surface area contributed by atoms with Gasteiger partial charge in [0.15, 0.2) is 6.10 Å². The molecule has 0 N–H and O–H groups in total. The average Bonchev–Trinajstić information content (AvgIpc) is 3.34. The summed E-state index contributed by atoms with van der Waals surface area (Å²) in [4.78, 5) is 37.8. The lowest BCUT2D eigenvalue weighted by Gasteiger charge is -2.28. The van der Waals surface area contributed by atoms with Crippen LogP contribution >= 0.6 is 7.82 Å². The zero-order chi connectivity index (χ0) is 52.7. The summed E-state index contributed by atoms with van der Waals surface area (Å²) in [6.45, 7) is 4.02. The molecule has 0 saturated carbocycles. The first kappa shape index (κ1) is 68.2. The normalized spacial score (nSPS) is 14.4. The fourth-order valence-corrected chi connectivity index (χ4v) is 7.58. The van der Waals surface area contributed by atoms with Crippen molar-refractivity contribution in [3.63, 3.8) is 0 Å². The van der Waals surface area contributed by atoms with E-state index < -0.39 is 32.5 Å². The van der Waals surface area contributed by atoms with Crippen LogP contribution in [0.2, 0.25) is 0 Å². The maximum atomic E-state index is 12.8. The van der Waals surface area contributed by atoms with Crippen LogP contribution < -0.4 is 4.89 Å². The predicted octanol–water partition coefficient (Wildman–Crippen LogP) is 16.7. The summed E-state index contributed by atoms with van der Waals surface area (Å²) in [7, 11) is 1.11. The van der Waals surface area contributed by atoms with Crippen molar-refractivity contribution in [3.8, 4) is 0 Å². The first-order chi connectivity index (χ1) is 35.0. The number of hydrogen-bond acceptors (Lipinski definition) is 8. The number of carbonyl (C=O) groups excluding carboxylic acids is 2. The highest BCUT2D eigenvalue weighted by Crippen LogP contribution is 2.38. The molecule has 0 spiro atoms. The molecule has 0 amide bonds. The van der Waals surface area contributed by atoms with Crippen molar-refractivity contribution in [2.24, 2.45) is 0 Å². The van der Waals surface area contributed by atoms with Crippen LogP contribution in [0.4, 0.5) is 0 Å². The number of esters is 2. The highest BCUT2D eigenvalue weighted by atomic mass is 31.2. The fraction of sp³-hybridized carbons (Fsp3) is 0.613. The number of quaternary nitrogens is 1. The standard InChI is InChI=1S/C62H102NO8P/c1-6-8-10-12-14-16-18-20-22-24-26-28-29-30-31-32-33-35-37-39-41-43-45-47-49-51-53-55-62(65)71-60(59-70-72(66,67)69-57-56-63(3,4)5)58-68-61(64)54-52-50-48-46-44-42-40-38-36-34-27-25-23-21-19-17-15-13-11-9-7-2/h8,10,14,16,19-22,25-28,30-31,33,35-36,38-39,41,45,47,60H,6-7,9,11-13,15,17-18,23-24,29,32,34,37,40,42-44,46,48-59H2,1-5H3/b10-8-,16-14-,21-19-,22-20-,27-25-,28-26-,31-30-,35-33-,38-36-,41-39-,47-45-. The summed E-state index contributed by atoms with van der Waals surface area (Å²) < 4.78 is 34.0. The van der Waals surface area contributed by atoms with Crippen LogP contribution in [0.15, 0.2) is 134 Å². The maximum Gasteiger partial charge on any atom is 0.306 e. The molecule has 0 aromatic rings. The van der Waals surface area contributed by atoms with Gasteiger partial charge in [0, 0.05) is 12.8 Å². The highest BCUT2D eigenvalue weighted by Gasteiger charge is 2.21. The van der Waals surface area contributed by atoms with E-state index in [1.807, 2.05) is 21.1 Å². The third kappa shape index (κ3) is 55.5. The van der Waals surface area contributed by atoms with Gasteiger partial charge in [-0.1, -0.05) is 199 Å². The second kappa shape index (κ2) is 52.0. The van der Waals surface area contributed by atoms with E-state index in [9.17, 15) is 19.0 Å². The molecular weight excluding hydrogens is 918 g/mol. The molecule has 0 bridgehead atoms. The Morgan fingerprint density at radius 2 is 0.792 bits per heavy atom. The van der Waals surface area contributed by atoms with Gasteiger partial charge >= 0.3 is 11.9 Å². The number of nitrogens with zero attached hydrogens (tertiary/aromatic N) is 1. The largest absolute Gasteiger partial charge is 0.756 e. The minimum Gasteiger partial charge on any atom is -0.756 e. The summed E-state index contributed by atoms with van der Waals surface area (Å²) in [5.74, 6) is -0.911. The van der Waals surface area contributed by atoms with E-state index in [0.29, 0.717) is 23.9 Å². The maximum absolute atomic E-state index is 12.8. The molecule has 10 heteroatoms. The topological polar surface area (TPSA) is 111 Å². The number of rotatable bonds is 49. The molecule has 9 nitrogen and oxygen atoms in total. The number of likely N-dealkylation sites (N-methyl/N-ethyl adjacent to an activating group) is 1. The summed E-state index contributed by atoms with van der Waals surface area (Å²) in [6.07, 6.45) is 74.9. The van der Waals surface area contributed by atoms with Crippen molar-refractivity contribution in [2.75, 3.05) is 47.5 Å². The van der Waals surface area contributed by atoms with Gasteiger partial charge in [-0.2, -0.15) is 0 Å². The predicted molar refractivity (Wildman–Crippen MR) is 304 cm³/mol. The Morgan fingerprint density at radius 3 is 1.21 bits per heavy atom. The molecule has 0 aromatic heterocycles. The van der Waals surface area contributed by atoms with E-state index >= 15 is 0 Å². The molecule has 0 heterocycles. The van der Waals surface area contributed by atoms with Gasteiger partial charge in [-0.05, 0) is 116 Å². The van der Waals surface area contributed by atoms with Crippen molar-refractivity contribution in [1.82, 2.24) is 0 Å². The van der Waals surface area contributed by atoms with Crippen LogP contribution in [0.5, 0.6) is 0 Å². The third-order valence-corrected chi connectivity index (χ3v) is 12.1. The van der Waals surface area contributed by atoms with Gasteiger partial charge in [0.25, 0.3) is 7.82 Å². The number of ether oxygens (including phenoxy) is 2. The summed E-state index contributed by atoms with van der Waals surface area (Å²) in [5, 5.41) is 0. The molecule has 0 fully saturated rings. The van der Waals surface area contributed by atoms with Crippen LogP contribution in [0, 0.1) is 0 Å². The second-order valence-electron chi connectivity index (χ2n) is 19.2. The minimum atomic E-state index is -4.66. The van der Waals surface area contributed by atoms with E-state index in [-0.39, 0.29) is 26.1 Å². The zero-order valence-corrected chi connectivity index (χ0v) is 47.0. The van der Waals surface area contributed by atoms with E-state index in [1.165, 1.54) is 38.5 Å². The number of allylic oxidation sites excluding steroid dienone is 22. The lowest BCUT2D eigenvalue weighted by atomic mass is 10.1. The SMILES string of the molecule is CC/C=C\C/C=C\C/C=C\C/C=C\C/C=C\C/C=C\C/C=C\C/C=C\CCCCC(=O)OC(COC(=O)CCCCCCCC/C=C\C/C=C\C/C=C\CCCCCCC)COP(=O)([O-])OCC[N+](C)(C)C. The number of phosphoric acid groups is 1. The van der Waals surface area contributed by atoms with Gasteiger partial charge < -0.3 is 27.9 Å². The van der Waals surface area contributed by atoms with Gasteiger partial charge in [-0.15, -0.1) is 0 Å². The molecule has 0 rings (SSSR count). The summed E-state index contributed by atoms with van der Waals surface area (Å²) in [5.41, 5.74) is 0. The zero-order valence-electron chi connectivity index (χ0n) is 46.1. The Labute approximate surface area is 441 Å². The van der Waals surface area contributed by atoms with Gasteiger partial charge in [-0.25, -0.2) is 0 Å². The molecule has 2 atom stereocenters. The summed E-state index contributed by atoms with van der Waals surface area (Å²) >= 11 is 0. The average molecular weight is 1020 g/mol. The quantitative estimate of drug-likeness (QED) is 0.0195. The van der Waals surface area contributed by atoms with Crippen LogP contribution in [0.3, 0.4) is 0 Å². The number of carbonyl (C=O) groups is 2. The van der Waals surface area contributed by atoms with Gasteiger partial charge in [0.2, 0.25) is 0 Å². The van der Waals surface area contributed by atoms with Gasteiger partial charge in [0.1, 0.15) is 19.8 Å². The molecule has 0 aromatic carbocycles. The lowest BCUT2D eigenvalue weighted by molar-refractivity contribution is -0.870. The van der Waals surface area contributed by atoms with Crippen LogP contribution in [-0.4, -0.2) is 70.0 Å². The molecule has 2 unspecified atom stereocenters. The van der Waals surface area contributed by atoms with Crippen LogP contribution in [0.1, 0.15) is 194 Å². The number of unbranched alkanes of at least 4 members (excludes halogenated alkanes) is 13. The van der Waals surface area contributed by atoms with Crippen molar-refractivity contribution in [1.29, 1.82) is 0 Å². The van der Waals surface area contributed by atoms with E-state index in [2.05, 4.69) is 148 Å². The monoisotopic (exact) mass is 1020 g/mol. The van der Waals surface area contributed by atoms with Crippen LogP contribution in [-0.2, 0) is 32.7 Å². The Hall–Kier alpha value is -3.85. The Kier molecular flexibility index (Phi) is 49.2. The lowest BCUT2D eigenvalue weighted by Crippen LogP contribution is -2.37. The van der Waals surface area contributed by atoms with Crippen molar-refractivity contribution in [3.05, 3.63) is 134 Å². The molecule has 0 radical (unpaired) electrons. The van der Waals surface area contributed by atoms with E-state index in [4.69, 9.17) is 18.5 Å². The molecule has 0 aliphatic rings. The van der Waals surface area contributed by atoms with Crippen molar-refractivity contribution in [2.45, 2.75) is 200 Å². The summed E-state index contributed by atoms with van der Waals surface area (Å²) in [6, 6.07) is 0. The first-order valence-corrected chi connectivity index (χ1v) is 29.4. The second-order valence-corrected chi connectivity index (χ2v) is 20.6. The number of phosphoric ester groups is 1. The molecule has 0 aliphatic heterocycles. The third-order valence-electron chi connectivity index (χ3n) is 11.2. The Morgan fingerprint density at radius 1 is 0.444 bits per heavy atom. The van der Waals surface area contributed by atoms with E-state index in [1.54, 1.807) is 0 Å². The van der Waals surface area contributed by atoms with Gasteiger partial charge in [-0.3, -0.25) is 14.2 Å². The van der Waals surface area contributed by atoms with Crippen molar-refractivity contribution < 1.29 is 42.1 Å². The molecule has 0 aliphatic carbocycles. The molecule has 72 heavy (non-hydrogen) atoms. The molecule has 0 saturated heterocycles. The number of hydrogen-bond donors (Lipinski definition) is 0. The highest BCUT2D eigenvalue weighted by molar-refractivity contribution is 7.45.